The van der Waals surface area contributed by atoms with Gasteiger partial charge in [0, 0.05) is 19.5 Å². The summed E-state index contributed by atoms with van der Waals surface area (Å²) in [5.74, 6) is 1.00. The van der Waals surface area contributed by atoms with Gasteiger partial charge in [-0.1, -0.05) is 25.7 Å². The molecule has 2 aliphatic rings. The molecule has 1 heterocycles. The van der Waals surface area contributed by atoms with E-state index in [1.165, 1.54) is 51.4 Å². The summed E-state index contributed by atoms with van der Waals surface area (Å²) in [7, 11) is 2.03. The van der Waals surface area contributed by atoms with E-state index in [2.05, 4.69) is 10.2 Å². The van der Waals surface area contributed by atoms with Gasteiger partial charge in [-0.2, -0.15) is 0 Å². The van der Waals surface area contributed by atoms with Crippen LogP contribution in [0.3, 0.4) is 0 Å². The summed E-state index contributed by atoms with van der Waals surface area (Å²) in [5.41, 5.74) is 0. The Labute approximate surface area is 111 Å². The summed E-state index contributed by atoms with van der Waals surface area (Å²) >= 11 is 0. The minimum Gasteiger partial charge on any atom is -0.343 e. The summed E-state index contributed by atoms with van der Waals surface area (Å²) in [6.45, 7) is 2.18. The average Bonchev–Trinajstić information content (AvgIpc) is 2.68. The van der Waals surface area contributed by atoms with Crippen LogP contribution in [0.5, 0.6) is 0 Å². The molecular weight excluding hydrogens is 224 g/mol. The predicted octanol–water partition coefficient (Wildman–Crippen LogP) is 2.56. The van der Waals surface area contributed by atoms with E-state index < -0.39 is 0 Å². The number of nitrogens with zero attached hydrogens (tertiary/aromatic N) is 1. The number of rotatable bonds is 3. The van der Waals surface area contributed by atoms with Gasteiger partial charge in [-0.05, 0) is 44.7 Å². The Balaban J connectivity index is 1.79. The van der Waals surface area contributed by atoms with Gasteiger partial charge in [-0.25, -0.2) is 0 Å². The van der Waals surface area contributed by atoms with Gasteiger partial charge < -0.3 is 10.2 Å². The molecular formula is C15H28N2O. The molecule has 0 atom stereocenters. The third kappa shape index (κ3) is 3.98. The lowest BCUT2D eigenvalue weighted by atomic mass is 9.93. The molecule has 1 aliphatic heterocycles. The lowest BCUT2D eigenvalue weighted by Gasteiger charge is -2.30. The molecule has 0 spiro atoms. The second kappa shape index (κ2) is 7.13. The quantitative estimate of drug-likeness (QED) is 0.783. The van der Waals surface area contributed by atoms with Crippen LogP contribution in [0.25, 0.3) is 0 Å². The molecule has 0 bridgehead atoms. The largest absolute Gasteiger partial charge is 0.343 e. The van der Waals surface area contributed by atoms with Crippen LogP contribution in [0.2, 0.25) is 0 Å². The smallest absolute Gasteiger partial charge is 0.222 e. The van der Waals surface area contributed by atoms with Crippen molar-refractivity contribution in [3.63, 3.8) is 0 Å². The second-order valence-electron chi connectivity index (χ2n) is 6.05. The summed E-state index contributed by atoms with van der Waals surface area (Å²) in [4.78, 5) is 14.4. The minimum absolute atomic E-state index is 0.383. The van der Waals surface area contributed by atoms with Crippen molar-refractivity contribution in [1.29, 1.82) is 0 Å². The van der Waals surface area contributed by atoms with Crippen molar-refractivity contribution >= 4 is 5.91 Å². The third-order valence-electron chi connectivity index (χ3n) is 4.69. The van der Waals surface area contributed by atoms with Crippen molar-refractivity contribution < 1.29 is 4.79 Å². The molecule has 104 valence electrons. The molecule has 0 unspecified atom stereocenters. The zero-order chi connectivity index (χ0) is 12.8. The first-order valence-corrected chi connectivity index (χ1v) is 7.74. The van der Waals surface area contributed by atoms with Crippen molar-refractivity contribution in [2.45, 2.75) is 63.8 Å². The fourth-order valence-electron chi connectivity index (χ4n) is 3.33. The van der Waals surface area contributed by atoms with Crippen molar-refractivity contribution in [3.05, 3.63) is 0 Å². The van der Waals surface area contributed by atoms with Gasteiger partial charge in [-0.3, -0.25) is 4.79 Å². The molecule has 1 amide bonds. The lowest BCUT2D eigenvalue weighted by molar-refractivity contribution is -0.133. The number of carbonyl (C=O) groups is 1. The minimum atomic E-state index is 0.383. The maximum absolute atomic E-state index is 12.3. The third-order valence-corrected chi connectivity index (χ3v) is 4.69. The van der Waals surface area contributed by atoms with E-state index in [1.807, 2.05) is 7.05 Å². The van der Waals surface area contributed by atoms with Gasteiger partial charge in [0.2, 0.25) is 5.91 Å². The first-order valence-electron chi connectivity index (χ1n) is 7.74. The molecule has 0 aromatic carbocycles. The molecule has 1 saturated carbocycles. The molecule has 0 aromatic rings. The summed E-state index contributed by atoms with van der Waals surface area (Å²) in [5, 5.41) is 3.36. The van der Waals surface area contributed by atoms with E-state index in [9.17, 15) is 4.79 Å². The molecule has 3 nitrogen and oxygen atoms in total. The number of carbonyl (C=O) groups excluding carboxylic acids is 1. The van der Waals surface area contributed by atoms with Gasteiger partial charge in [0.25, 0.3) is 0 Å². The number of hydrogen-bond acceptors (Lipinski definition) is 2. The monoisotopic (exact) mass is 252 g/mol. The van der Waals surface area contributed by atoms with E-state index in [0.717, 1.165) is 19.5 Å². The van der Waals surface area contributed by atoms with Gasteiger partial charge in [-0.15, -0.1) is 0 Å². The van der Waals surface area contributed by atoms with Crippen molar-refractivity contribution in [2.24, 2.45) is 5.92 Å². The van der Waals surface area contributed by atoms with Crippen LogP contribution in [0, 0.1) is 5.92 Å². The zero-order valence-corrected chi connectivity index (χ0v) is 11.8. The van der Waals surface area contributed by atoms with Crippen LogP contribution in [-0.2, 0) is 4.79 Å². The number of hydrogen-bond donors (Lipinski definition) is 1. The normalized spacial score (nSPS) is 23.6. The Kier molecular flexibility index (Phi) is 5.48. The molecule has 0 radical (unpaired) electrons. The summed E-state index contributed by atoms with van der Waals surface area (Å²) < 4.78 is 0. The highest BCUT2D eigenvalue weighted by molar-refractivity contribution is 5.76. The molecule has 1 N–H and O–H groups in total. The zero-order valence-electron chi connectivity index (χ0n) is 11.8. The van der Waals surface area contributed by atoms with Crippen LogP contribution in [-0.4, -0.2) is 37.0 Å². The molecule has 18 heavy (non-hydrogen) atoms. The van der Waals surface area contributed by atoms with Gasteiger partial charge in [0.15, 0.2) is 0 Å². The van der Waals surface area contributed by atoms with Crippen molar-refractivity contribution in [1.82, 2.24) is 10.2 Å². The van der Waals surface area contributed by atoms with Gasteiger partial charge >= 0.3 is 0 Å². The predicted molar refractivity (Wildman–Crippen MR) is 74.5 cm³/mol. The molecule has 1 saturated heterocycles. The van der Waals surface area contributed by atoms with E-state index in [-0.39, 0.29) is 0 Å². The summed E-state index contributed by atoms with van der Waals surface area (Å²) in [6.07, 6.45) is 10.9. The Morgan fingerprint density at radius 3 is 2.28 bits per heavy atom. The van der Waals surface area contributed by atoms with Crippen LogP contribution in [0.15, 0.2) is 0 Å². The molecule has 1 aliphatic carbocycles. The van der Waals surface area contributed by atoms with Crippen molar-refractivity contribution in [3.8, 4) is 0 Å². The Bertz CT molecular complexity index is 253. The number of piperidine rings is 1. The molecule has 2 rings (SSSR count). The van der Waals surface area contributed by atoms with Crippen LogP contribution < -0.4 is 5.32 Å². The van der Waals surface area contributed by atoms with E-state index in [0.29, 0.717) is 17.9 Å². The Hall–Kier alpha value is -0.570. The molecule has 2 fully saturated rings. The number of nitrogens with one attached hydrogen (secondary N) is 1. The molecule has 3 heteroatoms. The van der Waals surface area contributed by atoms with Crippen molar-refractivity contribution in [2.75, 3.05) is 20.1 Å². The van der Waals surface area contributed by atoms with Crippen LogP contribution >= 0.6 is 0 Å². The summed E-state index contributed by atoms with van der Waals surface area (Å²) in [6, 6.07) is 0.515. The Morgan fingerprint density at radius 1 is 1.06 bits per heavy atom. The topological polar surface area (TPSA) is 32.3 Å². The molecule has 0 aromatic heterocycles. The van der Waals surface area contributed by atoms with E-state index >= 15 is 0 Å². The average molecular weight is 252 g/mol. The highest BCUT2D eigenvalue weighted by Crippen LogP contribution is 2.23. The fourth-order valence-corrected chi connectivity index (χ4v) is 3.33. The SMILES string of the molecule is CN(C(=O)CC1CCNCC1)C1CCCCCC1. The van der Waals surface area contributed by atoms with Crippen LogP contribution in [0.1, 0.15) is 57.8 Å². The highest BCUT2D eigenvalue weighted by atomic mass is 16.2. The maximum Gasteiger partial charge on any atom is 0.222 e. The highest BCUT2D eigenvalue weighted by Gasteiger charge is 2.24. The fraction of sp³-hybridized carbons (Fsp3) is 0.933. The van der Waals surface area contributed by atoms with E-state index in [1.54, 1.807) is 0 Å². The Morgan fingerprint density at radius 2 is 1.67 bits per heavy atom. The lowest BCUT2D eigenvalue weighted by Crippen LogP contribution is -2.39. The first kappa shape index (κ1) is 13.9. The van der Waals surface area contributed by atoms with Gasteiger partial charge in [0.05, 0.1) is 0 Å². The second-order valence-corrected chi connectivity index (χ2v) is 6.05. The van der Waals surface area contributed by atoms with Crippen LogP contribution in [0.4, 0.5) is 0 Å². The maximum atomic E-state index is 12.3. The van der Waals surface area contributed by atoms with Gasteiger partial charge in [0.1, 0.15) is 0 Å². The first-order chi connectivity index (χ1) is 8.77. The standard InChI is InChI=1S/C15H28N2O/c1-17(14-6-4-2-3-5-7-14)15(18)12-13-8-10-16-11-9-13/h13-14,16H,2-12H2,1H3. The number of amides is 1. The van der Waals surface area contributed by atoms with E-state index in [4.69, 9.17) is 0 Å².